The molecule has 0 radical (unpaired) electrons. The molecule has 0 spiro atoms. The van der Waals surface area contributed by atoms with Crippen LogP contribution in [0.15, 0.2) is 36.5 Å². The molecule has 0 unspecified atom stereocenters. The molecular weight excluding hydrogens is 375 g/mol. The third-order valence-corrected chi connectivity index (χ3v) is 3.43. The number of nitro groups is 1. The molecule has 3 aromatic rings. The number of pyridine rings is 1. The molecule has 0 saturated heterocycles. The zero-order valence-electron chi connectivity index (χ0n) is 9.91. The number of non-ortho nitro benzene ring substituents is 1. The second-order valence-electron chi connectivity index (χ2n) is 3.90. The van der Waals surface area contributed by atoms with Crippen LogP contribution in [-0.2, 0) is 0 Å². The Morgan fingerprint density at radius 1 is 1.25 bits per heavy atom. The van der Waals surface area contributed by atoms with Crippen LogP contribution >= 0.6 is 22.6 Å². The van der Waals surface area contributed by atoms with E-state index in [1.807, 2.05) is 0 Å². The summed E-state index contributed by atoms with van der Waals surface area (Å²) in [7, 11) is 0. The highest BCUT2D eigenvalue weighted by Gasteiger charge is 2.12. The van der Waals surface area contributed by atoms with Gasteiger partial charge >= 0.3 is 0 Å². The third kappa shape index (κ3) is 2.29. The lowest BCUT2D eigenvalue weighted by atomic mass is 10.3. The van der Waals surface area contributed by atoms with Gasteiger partial charge in [0.25, 0.3) is 5.69 Å². The maximum Gasteiger partial charge on any atom is 0.269 e. The van der Waals surface area contributed by atoms with E-state index in [4.69, 9.17) is 4.74 Å². The summed E-state index contributed by atoms with van der Waals surface area (Å²) in [5, 5.41) is 18.3. The number of H-pyrrole nitrogens is 1. The van der Waals surface area contributed by atoms with Crippen LogP contribution in [-0.4, -0.2) is 20.1 Å². The predicted octanol–water partition coefficient (Wildman–Crippen LogP) is 3.26. The van der Waals surface area contributed by atoms with Crippen molar-refractivity contribution in [1.82, 2.24) is 15.2 Å². The van der Waals surface area contributed by atoms with E-state index in [-0.39, 0.29) is 5.69 Å². The summed E-state index contributed by atoms with van der Waals surface area (Å²) < 4.78 is 6.56. The van der Waals surface area contributed by atoms with Crippen LogP contribution in [0.4, 0.5) is 5.69 Å². The molecule has 1 N–H and O–H groups in total. The molecule has 0 atom stereocenters. The SMILES string of the molecule is O=[N+]([O-])c1ccc(Oc2ccnc3n[nH]c(I)c23)cc1. The molecule has 0 saturated carbocycles. The van der Waals surface area contributed by atoms with Crippen molar-refractivity contribution >= 4 is 39.3 Å². The van der Waals surface area contributed by atoms with Gasteiger partial charge < -0.3 is 4.74 Å². The smallest absolute Gasteiger partial charge is 0.269 e. The number of hydrogen-bond acceptors (Lipinski definition) is 5. The minimum Gasteiger partial charge on any atom is -0.456 e. The van der Waals surface area contributed by atoms with Gasteiger partial charge in [0.15, 0.2) is 5.65 Å². The maximum atomic E-state index is 10.6. The second-order valence-corrected chi connectivity index (χ2v) is 4.98. The number of nitro benzene ring substituents is 1. The van der Waals surface area contributed by atoms with Crippen LogP contribution < -0.4 is 4.74 Å². The summed E-state index contributed by atoms with van der Waals surface area (Å²) in [5.41, 5.74) is 0.587. The van der Waals surface area contributed by atoms with Gasteiger partial charge in [0.1, 0.15) is 15.2 Å². The van der Waals surface area contributed by atoms with Crippen LogP contribution in [0.1, 0.15) is 0 Å². The zero-order valence-corrected chi connectivity index (χ0v) is 12.1. The average Bonchev–Trinajstić information content (AvgIpc) is 2.82. The molecule has 2 aromatic heterocycles. The predicted molar refractivity (Wildman–Crippen MR) is 79.8 cm³/mol. The first-order valence-corrected chi connectivity index (χ1v) is 6.64. The lowest BCUT2D eigenvalue weighted by Crippen LogP contribution is -1.89. The van der Waals surface area contributed by atoms with Gasteiger partial charge in [-0.2, -0.15) is 5.10 Å². The fraction of sp³-hybridized carbons (Fsp3) is 0. The van der Waals surface area contributed by atoms with Gasteiger partial charge in [0.05, 0.1) is 10.3 Å². The number of fused-ring (bicyclic) bond motifs is 1. The molecule has 0 bridgehead atoms. The number of hydrogen-bond donors (Lipinski definition) is 1. The minimum atomic E-state index is -0.451. The van der Waals surface area contributed by atoms with Crippen molar-refractivity contribution in [2.45, 2.75) is 0 Å². The Bertz CT molecular complexity index is 785. The van der Waals surface area contributed by atoms with Crippen molar-refractivity contribution < 1.29 is 9.66 Å². The van der Waals surface area contributed by atoms with Crippen LogP contribution in [0.3, 0.4) is 0 Å². The summed E-state index contributed by atoms with van der Waals surface area (Å²) in [4.78, 5) is 14.3. The van der Waals surface area contributed by atoms with E-state index >= 15 is 0 Å². The zero-order chi connectivity index (χ0) is 14.1. The largest absolute Gasteiger partial charge is 0.456 e. The molecule has 0 fully saturated rings. The van der Waals surface area contributed by atoms with Crippen molar-refractivity contribution in [3.63, 3.8) is 0 Å². The van der Waals surface area contributed by atoms with Gasteiger partial charge in [-0.15, -0.1) is 0 Å². The molecular formula is C12H7IN4O3. The van der Waals surface area contributed by atoms with Crippen LogP contribution in [0.25, 0.3) is 11.0 Å². The van der Waals surface area contributed by atoms with E-state index in [0.717, 1.165) is 9.09 Å². The summed E-state index contributed by atoms with van der Waals surface area (Å²) in [6.45, 7) is 0. The molecule has 2 heterocycles. The molecule has 1 aromatic carbocycles. The fourth-order valence-electron chi connectivity index (χ4n) is 1.73. The fourth-order valence-corrected chi connectivity index (χ4v) is 2.36. The highest BCUT2D eigenvalue weighted by atomic mass is 127. The molecule has 100 valence electrons. The van der Waals surface area contributed by atoms with Gasteiger partial charge in [-0.3, -0.25) is 15.2 Å². The third-order valence-electron chi connectivity index (χ3n) is 2.65. The summed E-state index contributed by atoms with van der Waals surface area (Å²) in [5.74, 6) is 1.11. The second kappa shape index (κ2) is 5.04. The molecule has 0 amide bonds. The standard InChI is InChI=1S/C12H7IN4O3/c13-11-10-9(5-6-14-12(10)16-15-11)20-8-3-1-7(2-4-8)17(18)19/h1-6H,(H,14,15,16). The number of halogens is 1. The Hall–Kier alpha value is -2.23. The molecule has 20 heavy (non-hydrogen) atoms. The number of rotatable bonds is 3. The van der Waals surface area contributed by atoms with Crippen LogP contribution in [0.2, 0.25) is 0 Å². The summed E-state index contributed by atoms with van der Waals surface area (Å²) in [6, 6.07) is 7.62. The number of ether oxygens (including phenoxy) is 1. The lowest BCUT2D eigenvalue weighted by Gasteiger charge is -2.06. The maximum absolute atomic E-state index is 10.6. The molecule has 0 aliphatic heterocycles. The van der Waals surface area contributed by atoms with Crippen molar-refractivity contribution in [1.29, 1.82) is 0 Å². The van der Waals surface area contributed by atoms with Crippen molar-refractivity contribution in [2.24, 2.45) is 0 Å². The van der Waals surface area contributed by atoms with Gasteiger partial charge in [-0.25, -0.2) is 4.98 Å². The minimum absolute atomic E-state index is 0.0233. The quantitative estimate of drug-likeness (QED) is 0.426. The van der Waals surface area contributed by atoms with Gasteiger partial charge in [0, 0.05) is 24.4 Å². The first-order chi connectivity index (χ1) is 9.65. The average molecular weight is 382 g/mol. The highest BCUT2D eigenvalue weighted by Crippen LogP contribution is 2.31. The Kier molecular flexibility index (Phi) is 3.22. The number of aromatic amines is 1. The normalized spacial score (nSPS) is 10.7. The van der Waals surface area contributed by atoms with Crippen LogP contribution in [0, 0.1) is 13.8 Å². The lowest BCUT2D eigenvalue weighted by molar-refractivity contribution is -0.384. The number of nitrogens with zero attached hydrogens (tertiary/aromatic N) is 3. The van der Waals surface area contributed by atoms with E-state index in [2.05, 4.69) is 37.8 Å². The number of benzene rings is 1. The van der Waals surface area contributed by atoms with E-state index in [9.17, 15) is 10.1 Å². The Morgan fingerprint density at radius 2 is 2.00 bits per heavy atom. The van der Waals surface area contributed by atoms with E-state index in [0.29, 0.717) is 17.1 Å². The number of nitrogens with one attached hydrogen (secondary N) is 1. The first-order valence-electron chi connectivity index (χ1n) is 5.56. The summed E-state index contributed by atoms with van der Waals surface area (Å²) in [6.07, 6.45) is 1.60. The first kappa shape index (κ1) is 12.8. The topological polar surface area (TPSA) is 93.9 Å². The monoisotopic (exact) mass is 382 g/mol. The van der Waals surface area contributed by atoms with Gasteiger partial charge in [-0.1, -0.05) is 0 Å². The molecule has 0 aliphatic rings. The Morgan fingerprint density at radius 3 is 2.70 bits per heavy atom. The Balaban J connectivity index is 1.96. The van der Waals surface area contributed by atoms with E-state index in [1.54, 1.807) is 24.4 Å². The van der Waals surface area contributed by atoms with Crippen molar-refractivity contribution in [3.05, 3.63) is 50.3 Å². The Labute approximate surface area is 126 Å². The van der Waals surface area contributed by atoms with Crippen molar-refractivity contribution in [2.75, 3.05) is 0 Å². The van der Waals surface area contributed by atoms with Crippen molar-refractivity contribution in [3.8, 4) is 11.5 Å². The molecule has 3 rings (SSSR count). The van der Waals surface area contributed by atoms with E-state index < -0.39 is 4.92 Å². The molecule has 0 aliphatic carbocycles. The van der Waals surface area contributed by atoms with Gasteiger partial charge in [0.2, 0.25) is 0 Å². The van der Waals surface area contributed by atoms with Crippen LogP contribution in [0.5, 0.6) is 11.5 Å². The van der Waals surface area contributed by atoms with Gasteiger partial charge in [-0.05, 0) is 34.7 Å². The highest BCUT2D eigenvalue weighted by molar-refractivity contribution is 14.1. The number of aromatic nitrogens is 3. The molecule has 7 nitrogen and oxygen atoms in total. The molecule has 8 heteroatoms. The summed E-state index contributed by atoms with van der Waals surface area (Å²) >= 11 is 2.11. The van der Waals surface area contributed by atoms with E-state index in [1.165, 1.54) is 12.1 Å².